The second kappa shape index (κ2) is 15.4. The zero-order valence-electron chi connectivity index (χ0n) is 23.6. The van der Waals surface area contributed by atoms with Crippen molar-refractivity contribution in [3.05, 3.63) is 89.5 Å². The fourth-order valence-electron chi connectivity index (χ4n) is 4.73. The Morgan fingerprint density at radius 1 is 1.05 bits per heavy atom. The van der Waals surface area contributed by atoms with Gasteiger partial charge in [0.25, 0.3) is 0 Å². The summed E-state index contributed by atoms with van der Waals surface area (Å²) >= 11 is 0. The number of ether oxygens (including phenoxy) is 3. The Morgan fingerprint density at radius 2 is 1.85 bits per heavy atom. The van der Waals surface area contributed by atoms with Gasteiger partial charge >= 0.3 is 5.97 Å². The number of rotatable bonds is 14. The van der Waals surface area contributed by atoms with Gasteiger partial charge in [0, 0.05) is 18.5 Å². The number of amidine groups is 1. The predicted molar refractivity (Wildman–Crippen MR) is 163 cm³/mol. The quantitative estimate of drug-likeness (QED) is 0.0482. The topological polar surface area (TPSA) is 107 Å². The van der Waals surface area contributed by atoms with Crippen LogP contribution in [-0.2, 0) is 16.0 Å². The predicted octanol–water partition coefficient (Wildman–Crippen LogP) is 5.92. The van der Waals surface area contributed by atoms with Crippen molar-refractivity contribution in [3.63, 3.8) is 0 Å². The number of hydrogen-bond acceptors (Lipinski definition) is 7. The third-order valence-corrected chi connectivity index (χ3v) is 6.88. The van der Waals surface area contributed by atoms with Crippen molar-refractivity contribution in [2.75, 3.05) is 31.2 Å². The summed E-state index contributed by atoms with van der Waals surface area (Å²) in [7, 11) is 0. The Morgan fingerprint density at radius 3 is 2.61 bits per heavy atom. The molecule has 0 bridgehead atoms. The van der Waals surface area contributed by atoms with E-state index in [0.29, 0.717) is 44.9 Å². The highest BCUT2D eigenvalue weighted by atomic mass is 16.5. The Labute approximate surface area is 242 Å². The van der Waals surface area contributed by atoms with Crippen molar-refractivity contribution in [3.8, 4) is 11.5 Å². The van der Waals surface area contributed by atoms with E-state index in [1.165, 1.54) is 5.56 Å². The van der Waals surface area contributed by atoms with E-state index >= 15 is 0 Å². The molecule has 1 atom stereocenters. The van der Waals surface area contributed by atoms with Gasteiger partial charge in [-0.3, -0.25) is 4.79 Å². The lowest BCUT2D eigenvalue weighted by Crippen LogP contribution is -2.47. The van der Waals surface area contributed by atoms with Crippen molar-refractivity contribution >= 4 is 29.6 Å². The monoisotopic (exact) mass is 557 g/mol. The molecular weight excluding hydrogens is 518 g/mol. The molecule has 0 amide bonds. The van der Waals surface area contributed by atoms with Gasteiger partial charge in [0.2, 0.25) is 0 Å². The molecule has 0 aromatic heterocycles. The molecule has 8 nitrogen and oxygen atoms in total. The summed E-state index contributed by atoms with van der Waals surface area (Å²) in [4.78, 5) is 13.9. The summed E-state index contributed by atoms with van der Waals surface area (Å²) in [5, 5.41) is 12.4. The van der Waals surface area contributed by atoms with E-state index in [1.54, 1.807) is 6.92 Å². The molecule has 3 N–H and O–H groups in total. The van der Waals surface area contributed by atoms with E-state index in [1.807, 2.05) is 60.7 Å². The lowest BCUT2D eigenvalue weighted by molar-refractivity contribution is -0.143. The average Bonchev–Trinajstić information content (AvgIpc) is 3.00. The van der Waals surface area contributed by atoms with Crippen molar-refractivity contribution in [2.24, 2.45) is 10.9 Å². The molecule has 0 spiro atoms. The lowest BCUT2D eigenvalue weighted by Gasteiger charge is -2.36. The summed E-state index contributed by atoms with van der Waals surface area (Å²) in [6.07, 6.45) is 7.48. The number of aryl methyl sites for hydroxylation is 1. The number of nitrogens with two attached hydrogens (primary N) is 1. The maximum atomic E-state index is 11.8. The van der Waals surface area contributed by atoms with Crippen molar-refractivity contribution in [1.82, 2.24) is 0 Å². The fourth-order valence-corrected chi connectivity index (χ4v) is 4.73. The summed E-state index contributed by atoms with van der Waals surface area (Å²) in [5.41, 5.74) is 10.1. The minimum absolute atomic E-state index is 0.000444. The van der Waals surface area contributed by atoms with Crippen LogP contribution in [0.4, 0.5) is 5.69 Å². The Hall–Kier alpha value is -4.46. The third kappa shape index (κ3) is 8.76. The van der Waals surface area contributed by atoms with E-state index < -0.39 is 6.10 Å². The molecule has 1 aliphatic rings. The van der Waals surface area contributed by atoms with Crippen molar-refractivity contribution in [1.29, 1.82) is 0 Å². The van der Waals surface area contributed by atoms with Crippen molar-refractivity contribution in [2.45, 2.75) is 45.1 Å². The van der Waals surface area contributed by atoms with Gasteiger partial charge in [-0.2, -0.15) is 0 Å². The zero-order chi connectivity index (χ0) is 28.9. The summed E-state index contributed by atoms with van der Waals surface area (Å²) in [5.74, 6) is 1.28. The molecule has 0 saturated heterocycles. The molecule has 0 saturated carbocycles. The van der Waals surface area contributed by atoms with Crippen LogP contribution in [0, 0.1) is 0 Å². The second-order valence-electron chi connectivity index (χ2n) is 9.87. The van der Waals surface area contributed by atoms with Crippen LogP contribution in [-0.4, -0.2) is 49.4 Å². The van der Waals surface area contributed by atoms with Gasteiger partial charge in [0.05, 0.1) is 25.4 Å². The standard InChI is InChI=1S/C33H39N3O5/c1-2-39-31(37)15-9-22-36-24-30(33(34)35-38)41-32-27(13-8-14-29(32)36)19-16-26-17-20-28(21-18-26)40-23-7-6-12-25-10-4-3-5-11-25/h3-5,8,10-11,13-14,16-21,30,38H,2,6-7,9,12,15,22-24H2,1H3,(H2,34,35). The Bertz CT molecular complexity index is 1310. The number of anilines is 1. The Kier molecular flexibility index (Phi) is 11.1. The van der Waals surface area contributed by atoms with Crippen molar-refractivity contribution < 1.29 is 24.2 Å². The number of benzene rings is 3. The number of carbonyl (C=O) groups is 1. The van der Waals surface area contributed by atoms with Crippen LogP contribution in [0.3, 0.4) is 0 Å². The number of nitrogens with zero attached hydrogens (tertiary/aromatic N) is 2. The largest absolute Gasteiger partial charge is 0.494 e. The second-order valence-corrected chi connectivity index (χ2v) is 9.87. The Balaban J connectivity index is 1.37. The molecule has 3 aromatic rings. The van der Waals surface area contributed by atoms with Gasteiger partial charge in [0.15, 0.2) is 17.7 Å². The third-order valence-electron chi connectivity index (χ3n) is 6.88. The van der Waals surface area contributed by atoms with E-state index in [2.05, 4.69) is 34.3 Å². The van der Waals surface area contributed by atoms with E-state index in [0.717, 1.165) is 41.8 Å². The maximum absolute atomic E-state index is 11.8. The molecule has 8 heteroatoms. The molecular formula is C33H39N3O5. The molecule has 0 aliphatic carbocycles. The first-order valence-electron chi connectivity index (χ1n) is 14.2. The van der Waals surface area contributed by atoms with Crippen LogP contribution in [0.2, 0.25) is 0 Å². The number of carbonyl (C=O) groups excluding carboxylic acids is 1. The lowest BCUT2D eigenvalue weighted by atomic mass is 10.1. The molecule has 0 fully saturated rings. The smallest absolute Gasteiger partial charge is 0.305 e. The van der Waals surface area contributed by atoms with Gasteiger partial charge in [-0.15, -0.1) is 0 Å². The SMILES string of the molecule is CCOC(=O)CCCN1CC(C(N)=NO)Oc2c(C=Cc3ccc(OCCCCc4ccccc4)cc3)cccc21. The molecule has 216 valence electrons. The molecule has 41 heavy (non-hydrogen) atoms. The fraction of sp³-hybridized carbons (Fsp3) is 0.333. The highest BCUT2D eigenvalue weighted by Crippen LogP contribution is 2.38. The van der Waals surface area contributed by atoms with E-state index in [9.17, 15) is 10.0 Å². The van der Waals surface area contributed by atoms with Gasteiger partial charge in [-0.05, 0) is 61.9 Å². The molecule has 1 unspecified atom stereocenters. The minimum Gasteiger partial charge on any atom is -0.494 e. The highest BCUT2D eigenvalue weighted by Gasteiger charge is 2.29. The van der Waals surface area contributed by atoms with Gasteiger partial charge < -0.3 is 30.1 Å². The molecule has 1 aliphatic heterocycles. The zero-order valence-corrected chi connectivity index (χ0v) is 23.6. The molecule has 4 rings (SSSR count). The van der Waals surface area contributed by atoms with Crippen LogP contribution in [0.5, 0.6) is 11.5 Å². The molecule has 0 radical (unpaired) electrons. The van der Waals surface area contributed by atoms with Gasteiger partial charge in [-0.1, -0.05) is 71.9 Å². The highest BCUT2D eigenvalue weighted by molar-refractivity contribution is 5.87. The maximum Gasteiger partial charge on any atom is 0.305 e. The van der Waals surface area contributed by atoms with E-state index in [4.69, 9.17) is 19.9 Å². The number of esters is 1. The number of oxime groups is 1. The van der Waals surface area contributed by atoms with Crippen LogP contribution in [0.1, 0.15) is 49.3 Å². The first-order chi connectivity index (χ1) is 20.1. The first-order valence-corrected chi connectivity index (χ1v) is 14.2. The van der Waals surface area contributed by atoms with Crippen LogP contribution < -0.4 is 20.1 Å². The van der Waals surface area contributed by atoms with Crippen LogP contribution >= 0.6 is 0 Å². The normalized spacial score (nSPS) is 14.9. The van der Waals surface area contributed by atoms with Gasteiger partial charge in [-0.25, -0.2) is 0 Å². The number of hydrogen-bond donors (Lipinski definition) is 2. The summed E-state index contributed by atoms with van der Waals surface area (Å²) in [6.45, 7) is 3.86. The molecule has 3 aromatic carbocycles. The number of para-hydroxylation sites is 1. The van der Waals surface area contributed by atoms with Crippen LogP contribution in [0.15, 0.2) is 78.0 Å². The number of unbranched alkanes of at least 4 members (excludes halogenated alkanes) is 1. The molecule has 1 heterocycles. The first kappa shape index (κ1) is 29.5. The van der Waals surface area contributed by atoms with E-state index in [-0.39, 0.29) is 11.8 Å². The van der Waals surface area contributed by atoms with Gasteiger partial charge in [0.1, 0.15) is 5.75 Å². The minimum atomic E-state index is -0.617. The van der Waals surface area contributed by atoms with Crippen LogP contribution in [0.25, 0.3) is 12.2 Å². The summed E-state index contributed by atoms with van der Waals surface area (Å²) in [6, 6.07) is 24.4. The summed E-state index contributed by atoms with van der Waals surface area (Å²) < 4.78 is 17.2. The number of fused-ring (bicyclic) bond motifs is 1. The average molecular weight is 558 g/mol.